The number of aliphatic hydroxyl groups excluding tert-OH is 2. The molecule has 0 aromatic heterocycles. The Bertz CT molecular complexity index is 944. The van der Waals surface area contributed by atoms with Crippen LogP contribution in [0.25, 0.3) is 5.76 Å². The number of nitrogens with zero attached hydrogens (tertiary/aromatic N) is 1. The van der Waals surface area contributed by atoms with Crippen molar-refractivity contribution in [3.63, 3.8) is 0 Å². The first-order valence-corrected chi connectivity index (χ1v) is 9.31. The molecule has 0 radical (unpaired) electrons. The third-order valence-electron chi connectivity index (χ3n) is 4.57. The number of carbonyl (C=O) groups is 2. The van der Waals surface area contributed by atoms with Crippen molar-refractivity contribution in [1.29, 1.82) is 0 Å². The predicted octanol–water partition coefficient (Wildman–Crippen LogP) is 2.91. The van der Waals surface area contributed by atoms with E-state index < -0.39 is 29.3 Å². The maximum atomic E-state index is 14.6. The van der Waals surface area contributed by atoms with Crippen molar-refractivity contribution in [2.75, 3.05) is 26.4 Å². The molecule has 1 heterocycles. The summed E-state index contributed by atoms with van der Waals surface area (Å²) >= 11 is 5.87. The number of hydrogen-bond donors (Lipinski definition) is 2. The van der Waals surface area contributed by atoms with Crippen LogP contribution in [-0.2, 0) is 14.3 Å². The highest BCUT2D eigenvalue weighted by molar-refractivity contribution is 6.46. The average molecular weight is 420 g/mol. The molecule has 2 aromatic carbocycles. The summed E-state index contributed by atoms with van der Waals surface area (Å²) < 4.78 is 19.8. The molecule has 0 saturated carbocycles. The Morgan fingerprint density at radius 3 is 2.45 bits per heavy atom. The fourth-order valence-corrected chi connectivity index (χ4v) is 3.35. The monoisotopic (exact) mass is 419 g/mol. The van der Waals surface area contributed by atoms with Gasteiger partial charge < -0.3 is 19.8 Å². The number of rotatable bonds is 7. The van der Waals surface area contributed by atoms with Gasteiger partial charge in [-0.3, -0.25) is 9.59 Å². The Kier molecular flexibility index (Phi) is 6.64. The van der Waals surface area contributed by atoms with Crippen LogP contribution < -0.4 is 0 Å². The normalized spacial score (nSPS) is 18.4. The summed E-state index contributed by atoms with van der Waals surface area (Å²) in [5, 5.41) is 20.1. The van der Waals surface area contributed by atoms with Gasteiger partial charge in [-0.25, -0.2) is 4.39 Å². The Morgan fingerprint density at radius 1 is 1.10 bits per heavy atom. The third-order valence-corrected chi connectivity index (χ3v) is 4.82. The second-order valence-corrected chi connectivity index (χ2v) is 6.79. The molecule has 0 spiro atoms. The Hall–Kier alpha value is -2.74. The van der Waals surface area contributed by atoms with Crippen molar-refractivity contribution in [3.8, 4) is 0 Å². The predicted molar refractivity (Wildman–Crippen MR) is 105 cm³/mol. The van der Waals surface area contributed by atoms with E-state index in [0.29, 0.717) is 5.02 Å². The van der Waals surface area contributed by atoms with E-state index in [9.17, 15) is 19.1 Å². The maximum Gasteiger partial charge on any atom is 0.295 e. The molecule has 152 valence electrons. The van der Waals surface area contributed by atoms with Gasteiger partial charge in [0.25, 0.3) is 11.7 Å². The zero-order chi connectivity index (χ0) is 21.0. The molecule has 8 heteroatoms. The maximum absolute atomic E-state index is 14.6. The van der Waals surface area contributed by atoms with Crippen molar-refractivity contribution < 1.29 is 28.9 Å². The van der Waals surface area contributed by atoms with Gasteiger partial charge >= 0.3 is 0 Å². The van der Waals surface area contributed by atoms with Gasteiger partial charge in [0, 0.05) is 22.7 Å². The minimum Gasteiger partial charge on any atom is -0.507 e. The number of ketones is 1. The van der Waals surface area contributed by atoms with Gasteiger partial charge in [0.15, 0.2) is 0 Å². The summed E-state index contributed by atoms with van der Waals surface area (Å²) in [5.74, 6) is -2.79. The van der Waals surface area contributed by atoms with E-state index >= 15 is 0 Å². The minimum absolute atomic E-state index is 0.0129. The van der Waals surface area contributed by atoms with Crippen LogP contribution in [0.4, 0.5) is 4.39 Å². The number of benzene rings is 2. The molecule has 29 heavy (non-hydrogen) atoms. The summed E-state index contributed by atoms with van der Waals surface area (Å²) in [4.78, 5) is 26.6. The molecular weight excluding hydrogens is 401 g/mol. The van der Waals surface area contributed by atoms with Crippen LogP contribution in [-0.4, -0.2) is 53.2 Å². The van der Waals surface area contributed by atoms with Gasteiger partial charge in [-0.15, -0.1) is 0 Å². The van der Waals surface area contributed by atoms with E-state index in [1.165, 1.54) is 47.4 Å². The number of halogens is 2. The zero-order valence-electron chi connectivity index (χ0n) is 15.3. The summed E-state index contributed by atoms with van der Waals surface area (Å²) in [5.41, 5.74) is 0.166. The van der Waals surface area contributed by atoms with Gasteiger partial charge in [-0.2, -0.15) is 0 Å². The lowest BCUT2D eigenvalue weighted by molar-refractivity contribution is -0.140. The van der Waals surface area contributed by atoms with Crippen LogP contribution in [0.15, 0.2) is 54.1 Å². The van der Waals surface area contributed by atoms with Gasteiger partial charge in [0.05, 0.1) is 31.4 Å². The number of likely N-dealkylation sites (tertiary alicyclic amines) is 1. The van der Waals surface area contributed by atoms with Crippen LogP contribution in [0.5, 0.6) is 0 Å². The first-order valence-electron chi connectivity index (χ1n) is 8.93. The number of amides is 1. The lowest BCUT2D eigenvalue weighted by Gasteiger charge is -2.25. The number of carbonyl (C=O) groups excluding carboxylic acids is 2. The van der Waals surface area contributed by atoms with E-state index in [-0.39, 0.29) is 43.1 Å². The molecule has 1 fully saturated rings. The number of hydrogen-bond acceptors (Lipinski definition) is 5. The number of ether oxygens (including phenoxy) is 1. The number of aliphatic hydroxyl groups is 2. The fraction of sp³-hybridized carbons (Fsp3) is 0.238. The van der Waals surface area contributed by atoms with Crippen LogP contribution in [0, 0.1) is 5.82 Å². The second-order valence-electron chi connectivity index (χ2n) is 6.36. The zero-order valence-corrected chi connectivity index (χ0v) is 16.1. The summed E-state index contributed by atoms with van der Waals surface area (Å²) in [7, 11) is 0. The van der Waals surface area contributed by atoms with Gasteiger partial charge in [-0.1, -0.05) is 29.8 Å². The molecule has 0 aliphatic carbocycles. The largest absolute Gasteiger partial charge is 0.507 e. The standard InChI is InChI=1S/C21H19ClFNO5/c22-14-7-5-13(6-8-14)19(26)17-18(15-3-1-2-4-16(15)23)24(21(28)20(17)27)9-11-29-12-10-25/h1-8,18,25-26H,9-12H2/b19-17+. The molecule has 1 unspecified atom stereocenters. The van der Waals surface area contributed by atoms with Gasteiger partial charge in [-0.05, 0) is 30.3 Å². The molecule has 1 aliphatic heterocycles. The van der Waals surface area contributed by atoms with E-state index in [2.05, 4.69) is 0 Å². The van der Waals surface area contributed by atoms with Crippen molar-refractivity contribution in [3.05, 3.63) is 76.1 Å². The molecule has 1 saturated heterocycles. The van der Waals surface area contributed by atoms with E-state index in [4.69, 9.17) is 21.4 Å². The Morgan fingerprint density at radius 2 is 1.79 bits per heavy atom. The van der Waals surface area contributed by atoms with Crippen LogP contribution in [0.3, 0.4) is 0 Å². The van der Waals surface area contributed by atoms with E-state index in [1.807, 2.05) is 0 Å². The molecular formula is C21H19ClFNO5. The summed E-state index contributed by atoms with van der Waals surface area (Å²) in [6.07, 6.45) is 0. The topological polar surface area (TPSA) is 87.1 Å². The summed E-state index contributed by atoms with van der Waals surface area (Å²) in [6, 6.07) is 10.7. The van der Waals surface area contributed by atoms with Crippen molar-refractivity contribution in [2.24, 2.45) is 0 Å². The molecule has 0 bridgehead atoms. The minimum atomic E-state index is -1.11. The van der Waals surface area contributed by atoms with Crippen LogP contribution >= 0.6 is 11.6 Å². The highest BCUT2D eigenvalue weighted by Crippen LogP contribution is 2.40. The van der Waals surface area contributed by atoms with Crippen molar-refractivity contribution in [1.82, 2.24) is 4.90 Å². The first kappa shape index (κ1) is 21.0. The number of Topliss-reactive ketones (excluding diaryl/α,β-unsaturated/α-hetero) is 1. The molecule has 1 amide bonds. The smallest absolute Gasteiger partial charge is 0.295 e. The van der Waals surface area contributed by atoms with E-state index in [1.54, 1.807) is 6.07 Å². The lowest BCUT2D eigenvalue weighted by atomic mass is 9.95. The van der Waals surface area contributed by atoms with Gasteiger partial charge in [0.2, 0.25) is 0 Å². The quantitative estimate of drug-likeness (QED) is 0.312. The van der Waals surface area contributed by atoms with Crippen molar-refractivity contribution >= 4 is 29.1 Å². The van der Waals surface area contributed by atoms with Crippen LogP contribution in [0.1, 0.15) is 17.2 Å². The third kappa shape index (κ3) is 4.32. The first-order chi connectivity index (χ1) is 14.0. The highest BCUT2D eigenvalue weighted by Gasteiger charge is 2.46. The van der Waals surface area contributed by atoms with Crippen LogP contribution in [0.2, 0.25) is 5.02 Å². The second kappa shape index (κ2) is 9.17. The lowest BCUT2D eigenvalue weighted by Crippen LogP contribution is -2.33. The van der Waals surface area contributed by atoms with Gasteiger partial charge in [0.1, 0.15) is 11.6 Å². The van der Waals surface area contributed by atoms with Crippen molar-refractivity contribution in [2.45, 2.75) is 6.04 Å². The van der Waals surface area contributed by atoms with E-state index in [0.717, 1.165) is 0 Å². The highest BCUT2D eigenvalue weighted by atomic mass is 35.5. The molecule has 1 aliphatic rings. The molecule has 1 atom stereocenters. The average Bonchev–Trinajstić information content (AvgIpc) is 2.96. The Labute approximate surface area is 171 Å². The summed E-state index contributed by atoms with van der Waals surface area (Å²) in [6.45, 7) is -0.0916. The Balaban J connectivity index is 2.08. The molecule has 6 nitrogen and oxygen atoms in total. The molecule has 3 rings (SSSR count). The molecule has 2 aromatic rings. The fourth-order valence-electron chi connectivity index (χ4n) is 3.22. The molecule has 2 N–H and O–H groups in total. The SMILES string of the molecule is O=C1C(=O)N(CCOCCO)C(c2ccccc2F)/C1=C(\O)c1ccc(Cl)cc1.